The zero-order valence-corrected chi connectivity index (χ0v) is 22.3. The van der Waals surface area contributed by atoms with E-state index >= 15 is 0 Å². The van der Waals surface area contributed by atoms with E-state index in [1.54, 1.807) is 24.3 Å². The van der Waals surface area contributed by atoms with E-state index in [0.29, 0.717) is 24.6 Å². The van der Waals surface area contributed by atoms with Crippen molar-refractivity contribution in [2.75, 3.05) is 52.5 Å². The summed E-state index contributed by atoms with van der Waals surface area (Å²) in [7, 11) is -3.70. The van der Waals surface area contributed by atoms with Crippen LogP contribution in [-0.2, 0) is 9.84 Å². The van der Waals surface area contributed by atoms with Gasteiger partial charge in [-0.3, -0.25) is 0 Å². The minimum atomic E-state index is -3.70. The van der Waals surface area contributed by atoms with Crippen molar-refractivity contribution in [2.24, 2.45) is 0 Å². The third-order valence-electron chi connectivity index (χ3n) is 6.99. The SMILES string of the molecule is O=S(=O)(c1ccc(OC[C@H](O)CN2CCCCC2)cc1)c1ccc(OC[C@H](O)CN2CCCCC2)cc1. The lowest BCUT2D eigenvalue weighted by Crippen LogP contribution is -2.38. The van der Waals surface area contributed by atoms with Crippen molar-refractivity contribution in [3.05, 3.63) is 48.5 Å². The number of aliphatic hydroxyl groups excluding tert-OH is 2. The number of likely N-dealkylation sites (tertiary alicyclic amines) is 2. The van der Waals surface area contributed by atoms with Crippen molar-refractivity contribution >= 4 is 9.84 Å². The van der Waals surface area contributed by atoms with E-state index in [0.717, 1.165) is 26.2 Å². The molecule has 0 unspecified atom stereocenters. The second-order valence-corrected chi connectivity index (χ2v) is 12.0. The molecule has 8 nitrogen and oxygen atoms in total. The Bertz CT molecular complexity index is 970. The molecule has 2 atom stereocenters. The number of piperidine rings is 2. The fourth-order valence-electron chi connectivity index (χ4n) is 4.94. The van der Waals surface area contributed by atoms with E-state index in [1.807, 2.05) is 0 Å². The van der Waals surface area contributed by atoms with Gasteiger partial charge in [0.1, 0.15) is 36.9 Å². The summed E-state index contributed by atoms with van der Waals surface area (Å²) in [6.45, 7) is 5.55. The Balaban J connectivity index is 1.25. The fourth-order valence-corrected chi connectivity index (χ4v) is 6.20. The van der Waals surface area contributed by atoms with Gasteiger partial charge in [-0.1, -0.05) is 12.8 Å². The number of hydrogen-bond acceptors (Lipinski definition) is 8. The first-order chi connectivity index (χ1) is 17.9. The predicted molar refractivity (Wildman–Crippen MR) is 142 cm³/mol. The molecule has 2 fully saturated rings. The molecule has 204 valence electrons. The lowest BCUT2D eigenvalue weighted by atomic mass is 10.1. The van der Waals surface area contributed by atoms with E-state index in [1.165, 1.54) is 62.8 Å². The molecule has 0 radical (unpaired) electrons. The molecular formula is C28H40N2O6S. The van der Waals surface area contributed by atoms with Crippen LogP contribution in [0.2, 0.25) is 0 Å². The number of sulfone groups is 1. The topological polar surface area (TPSA) is 99.5 Å². The average molecular weight is 533 g/mol. The van der Waals surface area contributed by atoms with Crippen molar-refractivity contribution in [1.29, 1.82) is 0 Å². The number of nitrogens with zero attached hydrogens (tertiary/aromatic N) is 2. The number of aliphatic hydroxyl groups is 2. The zero-order valence-electron chi connectivity index (χ0n) is 21.5. The first-order valence-electron chi connectivity index (χ1n) is 13.4. The van der Waals surface area contributed by atoms with Gasteiger partial charge in [-0.2, -0.15) is 0 Å². The molecule has 0 spiro atoms. The highest BCUT2D eigenvalue weighted by Gasteiger charge is 2.19. The molecule has 9 heteroatoms. The standard InChI is InChI=1S/C28H40N2O6S/c31-23(19-29-15-3-1-4-16-29)21-35-25-7-11-27(12-8-25)37(33,34)28-13-9-26(10-14-28)36-22-24(32)20-30-17-5-2-6-18-30/h7-14,23-24,31-32H,1-6,15-22H2/t23-,24-/m1/s1. The van der Waals surface area contributed by atoms with Gasteiger partial charge in [-0.05, 0) is 100 Å². The number of rotatable bonds is 12. The summed E-state index contributed by atoms with van der Waals surface area (Å²) in [5.74, 6) is 1.03. The van der Waals surface area contributed by atoms with E-state index < -0.39 is 22.0 Å². The largest absolute Gasteiger partial charge is 0.491 e. The quantitative estimate of drug-likeness (QED) is 0.431. The summed E-state index contributed by atoms with van der Waals surface area (Å²) in [4.78, 5) is 4.83. The van der Waals surface area contributed by atoms with Gasteiger partial charge in [0.05, 0.1) is 9.79 Å². The third-order valence-corrected chi connectivity index (χ3v) is 8.77. The number of ether oxygens (including phenoxy) is 2. The molecule has 2 aliphatic heterocycles. The van der Waals surface area contributed by atoms with Crippen LogP contribution in [0, 0.1) is 0 Å². The average Bonchev–Trinajstić information content (AvgIpc) is 2.92. The molecule has 2 saturated heterocycles. The van der Waals surface area contributed by atoms with Crippen LogP contribution >= 0.6 is 0 Å². The smallest absolute Gasteiger partial charge is 0.206 e. The summed E-state index contributed by atoms with van der Waals surface area (Å²) >= 11 is 0. The van der Waals surface area contributed by atoms with Gasteiger partial charge >= 0.3 is 0 Å². The summed E-state index contributed by atoms with van der Waals surface area (Å²) in [6.07, 6.45) is 5.99. The van der Waals surface area contributed by atoms with Gasteiger partial charge in [0.25, 0.3) is 0 Å². The van der Waals surface area contributed by atoms with Crippen molar-refractivity contribution in [3.63, 3.8) is 0 Å². The van der Waals surface area contributed by atoms with Gasteiger partial charge in [0.2, 0.25) is 9.84 Å². The molecule has 2 N–H and O–H groups in total. The van der Waals surface area contributed by atoms with Gasteiger partial charge in [0, 0.05) is 13.1 Å². The van der Waals surface area contributed by atoms with Crippen molar-refractivity contribution in [3.8, 4) is 11.5 Å². The highest BCUT2D eigenvalue weighted by Crippen LogP contribution is 2.25. The molecule has 2 aromatic rings. The molecular weight excluding hydrogens is 492 g/mol. The Labute approximate surface area is 220 Å². The van der Waals surface area contributed by atoms with Crippen molar-refractivity contribution in [1.82, 2.24) is 9.80 Å². The Hall–Kier alpha value is -2.17. The molecule has 0 bridgehead atoms. The van der Waals surface area contributed by atoms with Crippen LogP contribution in [-0.4, -0.2) is 93.1 Å². The van der Waals surface area contributed by atoms with E-state index in [-0.39, 0.29) is 23.0 Å². The molecule has 0 aromatic heterocycles. The summed E-state index contributed by atoms with van der Waals surface area (Å²) in [5, 5.41) is 20.5. The monoisotopic (exact) mass is 532 g/mol. The third kappa shape index (κ3) is 8.41. The minimum Gasteiger partial charge on any atom is -0.491 e. The molecule has 2 heterocycles. The maximum Gasteiger partial charge on any atom is 0.206 e. The Morgan fingerprint density at radius 1 is 0.622 bits per heavy atom. The van der Waals surface area contributed by atoms with E-state index in [9.17, 15) is 18.6 Å². The van der Waals surface area contributed by atoms with Crippen molar-refractivity contribution in [2.45, 2.75) is 60.5 Å². The first-order valence-corrected chi connectivity index (χ1v) is 14.9. The number of hydrogen-bond donors (Lipinski definition) is 2. The van der Waals surface area contributed by atoms with E-state index in [2.05, 4.69) is 9.80 Å². The summed E-state index contributed by atoms with van der Waals surface area (Å²) in [6, 6.07) is 12.5. The van der Waals surface area contributed by atoms with E-state index in [4.69, 9.17) is 9.47 Å². The van der Waals surface area contributed by atoms with Crippen LogP contribution in [0.15, 0.2) is 58.3 Å². The highest BCUT2D eigenvalue weighted by molar-refractivity contribution is 7.91. The molecule has 2 aromatic carbocycles. The molecule has 4 rings (SSSR count). The van der Waals surface area contributed by atoms with Crippen LogP contribution < -0.4 is 9.47 Å². The number of benzene rings is 2. The Morgan fingerprint density at radius 3 is 1.32 bits per heavy atom. The molecule has 0 saturated carbocycles. The zero-order chi connectivity index (χ0) is 26.1. The van der Waals surface area contributed by atoms with Gasteiger partial charge < -0.3 is 29.5 Å². The maximum absolute atomic E-state index is 13.1. The predicted octanol–water partition coefficient (Wildman–Crippen LogP) is 2.97. The van der Waals surface area contributed by atoms with Crippen LogP contribution in [0.4, 0.5) is 0 Å². The second-order valence-electron chi connectivity index (χ2n) is 10.1. The first kappa shape index (κ1) is 27.9. The van der Waals surface area contributed by atoms with Crippen LogP contribution in [0.5, 0.6) is 11.5 Å². The van der Waals surface area contributed by atoms with Gasteiger partial charge in [-0.25, -0.2) is 8.42 Å². The second kappa shape index (κ2) is 13.6. The Kier molecular flexibility index (Phi) is 10.2. The number of β-amino-alcohol motifs (C(OH)–C–C–N with tert-alkyl or cyclic N) is 2. The molecule has 0 aliphatic carbocycles. The molecule has 0 amide bonds. The van der Waals surface area contributed by atoms with Gasteiger partial charge in [-0.15, -0.1) is 0 Å². The normalized spacial score (nSPS) is 19.3. The lowest BCUT2D eigenvalue weighted by Gasteiger charge is -2.28. The van der Waals surface area contributed by atoms with Crippen molar-refractivity contribution < 1.29 is 28.1 Å². The van der Waals surface area contributed by atoms with Crippen LogP contribution in [0.25, 0.3) is 0 Å². The maximum atomic E-state index is 13.1. The fraction of sp³-hybridized carbons (Fsp3) is 0.571. The van der Waals surface area contributed by atoms with Crippen LogP contribution in [0.3, 0.4) is 0 Å². The van der Waals surface area contributed by atoms with Crippen LogP contribution in [0.1, 0.15) is 38.5 Å². The minimum absolute atomic E-state index is 0.163. The lowest BCUT2D eigenvalue weighted by molar-refractivity contribution is 0.0616. The molecule has 2 aliphatic rings. The Morgan fingerprint density at radius 2 is 0.973 bits per heavy atom. The van der Waals surface area contributed by atoms with Gasteiger partial charge in [0.15, 0.2) is 0 Å². The summed E-state index contributed by atoms with van der Waals surface area (Å²) < 4.78 is 37.5. The molecule has 37 heavy (non-hydrogen) atoms. The summed E-state index contributed by atoms with van der Waals surface area (Å²) in [5.41, 5.74) is 0. The highest BCUT2D eigenvalue weighted by atomic mass is 32.2.